The number of carbonyl (C=O) groups excluding carboxylic acids is 2. The van der Waals surface area contributed by atoms with Crippen molar-refractivity contribution >= 4 is 22.7 Å². The van der Waals surface area contributed by atoms with Crippen LogP contribution in [0, 0.1) is 5.92 Å². The van der Waals surface area contributed by atoms with Crippen molar-refractivity contribution in [1.82, 2.24) is 19.8 Å². The molecular weight excluding hydrogens is 360 g/mol. The second kappa shape index (κ2) is 8.52. The second-order valence-corrected chi connectivity index (χ2v) is 7.52. The third-order valence-corrected chi connectivity index (χ3v) is 4.78. The van der Waals surface area contributed by atoms with Crippen LogP contribution in [0.5, 0.6) is 0 Å². The van der Waals surface area contributed by atoms with Crippen LogP contribution < -0.4 is 10.9 Å². The highest BCUT2D eigenvalue weighted by Gasteiger charge is 2.30. The SMILES string of the molecule is CC(C)CNC(=O)CC1COCCN1C(=O)c1ccc2c(=O)n(C)cnc2c1. The molecule has 1 fully saturated rings. The minimum atomic E-state index is -0.319. The van der Waals surface area contributed by atoms with Gasteiger partial charge in [0.1, 0.15) is 0 Å². The van der Waals surface area contributed by atoms with E-state index >= 15 is 0 Å². The first kappa shape index (κ1) is 20.0. The van der Waals surface area contributed by atoms with E-state index in [1.807, 2.05) is 13.8 Å². The van der Waals surface area contributed by atoms with Crippen LogP contribution in [0.3, 0.4) is 0 Å². The minimum Gasteiger partial charge on any atom is -0.377 e. The van der Waals surface area contributed by atoms with Crippen molar-refractivity contribution in [2.75, 3.05) is 26.3 Å². The van der Waals surface area contributed by atoms with Crippen molar-refractivity contribution in [1.29, 1.82) is 0 Å². The highest BCUT2D eigenvalue weighted by atomic mass is 16.5. The monoisotopic (exact) mass is 386 g/mol. The van der Waals surface area contributed by atoms with E-state index in [2.05, 4.69) is 10.3 Å². The van der Waals surface area contributed by atoms with Gasteiger partial charge in [0.05, 0.1) is 36.5 Å². The van der Waals surface area contributed by atoms with Crippen molar-refractivity contribution in [2.45, 2.75) is 26.3 Å². The minimum absolute atomic E-state index is 0.0920. The van der Waals surface area contributed by atoms with E-state index in [0.29, 0.717) is 48.7 Å². The van der Waals surface area contributed by atoms with Gasteiger partial charge in [-0.1, -0.05) is 13.8 Å². The Hall–Kier alpha value is -2.74. The lowest BCUT2D eigenvalue weighted by Crippen LogP contribution is -2.50. The Balaban J connectivity index is 1.79. The van der Waals surface area contributed by atoms with E-state index in [-0.39, 0.29) is 29.8 Å². The van der Waals surface area contributed by atoms with E-state index in [1.54, 1.807) is 30.1 Å². The largest absolute Gasteiger partial charge is 0.377 e. The lowest BCUT2D eigenvalue weighted by Gasteiger charge is -2.35. The molecule has 0 aliphatic carbocycles. The number of nitrogens with one attached hydrogen (secondary N) is 1. The molecule has 2 heterocycles. The molecule has 3 rings (SSSR count). The molecule has 1 aliphatic heterocycles. The van der Waals surface area contributed by atoms with Gasteiger partial charge in [-0.3, -0.25) is 14.4 Å². The lowest BCUT2D eigenvalue weighted by molar-refractivity contribution is -0.123. The molecule has 0 saturated carbocycles. The number of ether oxygens (including phenoxy) is 1. The zero-order chi connectivity index (χ0) is 20.3. The number of hydrogen-bond acceptors (Lipinski definition) is 5. The van der Waals surface area contributed by atoms with Crippen molar-refractivity contribution in [3.8, 4) is 0 Å². The van der Waals surface area contributed by atoms with Gasteiger partial charge in [-0.2, -0.15) is 0 Å². The Bertz CT molecular complexity index is 937. The third kappa shape index (κ3) is 4.39. The second-order valence-electron chi connectivity index (χ2n) is 7.52. The molecule has 8 heteroatoms. The normalized spacial score (nSPS) is 17.1. The summed E-state index contributed by atoms with van der Waals surface area (Å²) in [5.74, 6) is 0.0853. The Morgan fingerprint density at radius 2 is 2.14 bits per heavy atom. The molecule has 1 N–H and O–H groups in total. The van der Waals surface area contributed by atoms with Gasteiger partial charge in [0.15, 0.2) is 0 Å². The van der Waals surface area contributed by atoms with E-state index in [1.165, 1.54) is 10.9 Å². The van der Waals surface area contributed by atoms with Crippen LogP contribution in [-0.2, 0) is 16.6 Å². The smallest absolute Gasteiger partial charge is 0.260 e. The molecular formula is C20H26N4O4. The molecule has 1 aliphatic rings. The maximum atomic E-state index is 13.1. The Labute approximate surface area is 163 Å². The van der Waals surface area contributed by atoms with Gasteiger partial charge < -0.3 is 19.5 Å². The third-order valence-electron chi connectivity index (χ3n) is 4.78. The predicted molar refractivity (Wildman–Crippen MR) is 105 cm³/mol. The highest BCUT2D eigenvalue weighted by Crippen LogP contribution is 2.17. The van der Waals surface area contributed by atoms with Crippen molar-refractivity contribution in [3.05, 3.63) is 40.4 Å². The van der Waals surface area contributed by atoms with E-state index in [0.717, 1.165) is 0 Å². The van der Waals surface area contributed by atoms with Crippen LogP contribution in [-0.4, -0.2) is 58.6 Å². The molecule has 8 nitrogen and oxygen atoms in total. The van der Waals surface area contributed by atoms with Crippen molar-refractivity contribution in [2.24, 2.45) is 13.0 Å². The number of rotatable bonds is 5. The average molecular weight is 386 g/mol. The summed E-state index contributed by atoms with van der Waals surface area (Å²) >= 11 is 0. The van der Waals surface area contributed by atoms with Crippen LogP contribution in [0.4, 0.5) is 0 Å². The number of hydrogen-bond donors (Lipinski definition) is 1. The van der Waals surface area contributed by atoms with Gasteiger partial charge in [-0.25, -0.2) is 4.98 Å². The summed E-state index contributed by atoms with van der Waals surface area (Å²) in [6.07, 6.45) is 1.64. The maximum absolute atomic E-state index is 13.1. The van der Waals surface area contributed by atoms with Crippen LogP contribution in [0.1, 0.15) is 30.6 Å². The summed E-state index contributed by atoms with van der Waals surface area (Å²) in [4.78, 5) is 43.4. The number of aromatic nitrogens is 2. The van der Waals surface area contributed by atoms with Crippen molar-refractivity contribution < 1.29 is 14.3 Å². The fourth-order valence-electron chi connectivity index (χ4n) is 3.20. The van der Waals surface area contributed by atoms with Gasteiger partial charge in [0.2, 0.25) is 5.91 Å². The number of morpholine rings is 1. The number of carbonyl (C=O) groups is 2. The topological polar surface area (TPSA) is 93.5 Å². The number of fused-ring (bicyclic) bond motifs is 1. The van der Waals surface area contributed by atoms with Gasteiger partial charge >= 0.3 is 0 Å². The summed E-state index contributed by atoms with van der Waals surface area (Å²) in [6, 6.07) is 4.58. The maximum Gasteiger partial charge on any atom is 0.260 e. The fourth-order valence-corrected chi connectivity index (χ4v) is 3.20. The van der Waals surface area contributed by atoms with E-state index in [4.69, 9.17) is 4.74 Å². The molecule has 1 aromatic heterocycles. The quantitative estimate of drug-likeness (QED) is 0.825. The average Bonchev–Trinajstić information content (AvgIpc) is 2.69. The molecule has 28 heavy (non-hydrogen) atoms. The summed E-state index contributed by atoms with van der Waals surface area (Å²) in [6.45, 7) is 5.84. The summed E-state index contributed by atoms with van der Waals surface area (Å²) in [7, 11) is 1.64. The predicted octanol–water partition coefficient (Wildman–Crippen LogP) is 0.937. The molecule has 150 valence electrons. The van der Waals surface area contributed by atoms with Gasteiger partial charge in [-0.15, -0.1) is 0 Å². The highest BCUT2D eigenvalue weighted by molar-refractivity contribution is 5.98. The summed E-state index contributed by atoms with van der Waals surface area (Å²) < 4.78 is 6.89. The van der Waals surface area contributed by atoms with Crippen LogP contribution in [0.25, 0.3) is 10.9 Å². The number of nitrogens with zero attached hydrogens (tertiary/aromatic N) is 3. The van der Waals surface area contributed by atoms with E-state index in [9.17, 15) is 14.4 Å². The van der Waals surface area contributed by atoms with Crippen molar-refractivity contribution in [3.63, 3.8) is 0 Å². The Morgan fingerprint density at radius 1 is 1.36 bits per heavy atom. The van der Waals surface area contributed by atoms with Gasteiger partial charge in [-0.05, 0) is 24.1 Å². The zero-order valence-electron chi connectivity index (χ0n) is 16.5. The molecule has 1 atom stereocenters. The standard InChI is InChI=1S/C20H26N4O4/c1-13(2)10-21-18(25)9-15-11-28-7-6-24(15)19(26)14-4-5-16-17(8-14)22-12-23(3)20(16)27/h4-5,8,12-13,15H,6-7,9-11H2,1-3H3,(H,21,25). The van der Waals surface area contributed by atoms with Crippen LogP contribution >= 0.6 is 0 Å². The van der Waals surface area contributed by atoms with Crippen LogP contribution in [0.2, 0.25) is 0 Å². The molecule has 2 aromatic rings. The lowest BCUT2D eigenvalue weighted by atomic mass is 10.1. The first-order valence-corrected chi connectivity index (χ1v) is 9.47. The Kier molecular flexibility index (Phi) is 6.08. The number of benzene rings is 1. The molecule has 2 amide bonds. The number of aryl methyl sites for hydroxylation is 1. The molecule has 0 radical (unpaired) electrons. The molecule has 0 spiro atoms. The van der Waals surface area contributed by atoms with Gasteiger partial charge in [0, 0.05) is 32.1 Å². The zero-order valence-corrected chi connectivity index (χ0v) is 16.5. The molecule has 1 aromatic carbocycles. The van der Waals surface area contributed by atoms with Crippen LogP contribution in [0.15, 0.2) is 29.3 Å². The molecule has 1 saturated heterocycles. The molecule has 1 unspecified atom stereocenters. The molecule has 0 bridgehead atoms. The summed E-state index contributed by atoms with van der Waals surface area (Å²) in [5, 5.41) is 3.35. The van der Waals surface area contributed by atoms with Gasteiger partial charge in [0.25, 0.3) is 11.5 Å². The fraction of sp³-hybridized carbons (Fsp3) is 0.500. The first-order valence-electron chi connectivity index (χ1n) is 9.47. The number of amides is 2. The Morgan fingerprint density at radius 3 is 2.89 bits per heavy atom. The van der Waals surface area contributed by atoms with E-state index < -0.39 is 0 Å². The first-order chi connectivity index (χ1) is 13.4. The summed E-state index contributed by atoms with van der Waals surface area (Å²) in [5.41, 5.74) is 0.770.